The van der Waals surface area contributed by atoms with E-state index in [1.54, 1.807) is 0 Å². The van der Waals surface area contributed by atoms with E-state index in [2.05, 4.69) is 0 Å². The van der Waals surface area contributed by atoms with Crippen molar-refractivity contribution in [2.75, 3.05) is 0 Å². The van der Waals surface area contributed by atoms with Crippen molar-refractivity contribution in [2.24, 2.45) is 5.73 Å². The van der Waals surface area contributed by atoms with Crippen molar-refractivity contribution < 1.29 is 20.1 Å². The molecule has 0 aliphatic carbocycles. The third kappa shape index (κ3) is 4.50. The molecule has 0 aliphatic heterocycles. The zero-order valence-corrected chi connectivity index (χ0v) is 11.5. The molecule has 0 amide bonds. The zero-order valence-electron chi connectivity index (χ0n) is 8.34. The fraction of sp³-hybridized carbons (Fsp3) is 0.222. The second kappa shape index (κ2) is 6.46. The van der Waals surface area contributed by atoms with Crippen molar-refractivity contribution >= 4 is 57.4 Å². The van der Waals surface area contributed by atoms with Crippen LogP contribution < -0.4 is 5.73 Å². The molecule has 0 aliphatic rings. The summed E-state index contributed by atoms with van der Waals surface area (Å²) < 4.78 is 0. The van der Waals surface area contributed by atoms with E-state index in [0.29, 0.717) is 5.56 Å². The fourth-order valence-electron chi connectivity index (χ4n) is 1.04. The predicted octanol–water partition coefficient (Wildman–Crippen LogP) is -0.329. The third-order valence-electron chi connectivity index (χ3n) is 1.81. The number of rotatable bonds is 3. The Morgan fingerprint density at radius 2 is 1.93 bits per heavy atom. The van der Waals surface area contributed by atoms with Crippen molar-refractivity contribution in [3.05, 3.63) is 23.8 Å². The Morgan fingerprint density at radius 3 is 2.40 bits per heavy atom. The van der Waals surface area contributed by atoms with E-state index in [9.17, 15) is 4.79 Å². The molecule has 1 rings (SSSR count). The summed E-state index contributed by atoms with van der Waals surface area (Å²) in [5, 5.41) is 26.6. The molecule has 1 aromatic carbocycles. The third-order valence-corrected chi connectivity index (χ3v) is 1.81. The molecule has 0 heterocycles. The average Bonchev–Trinajstić information content (AvgIpc) is 2.11. The molecule has 0 saturated heterocycles. The molecule has 5 N–H and O–H groups in total. The molecule has 1 atom stereocenters. The van der Waals surface area contributed by atoms with Gasteiger partial charge in [0.25, 0.3) is 0 Å². The van der Waals surface area contributed by atoms with Crippen LogP contribution in [0.1, 0.15) is 5.56 Å². The fourth-order valence-corrected chi connectivity index (χ4v) is 1.04. The largest absolute Gasteiger partial charge is 0.504 e. The molecule has 6 heteroatoms. The number of carbonyl (C=O) groups is 1. The number of phenols is 2. The van der Waals surface area contributed by atoms with Crippen LogP contribution in [0.25, 0.3) is 0 Å². The Morgan fingerprint density at radius 1 is 1.33 bits per heavy atom. The topological polar surface area (TPSA) is 104 Å². The van der Waals surface area contributed by atoms with Gasteiger partial charge in [0.15, 0.2) is 11.5 Å². The Balaban J connectivity index is 0.00000196. The van der Waals surface area contributed by atoms with Crippen molar-refractivity contribution in [1.82, 2.24) is 0 Å². The van der Waals surface area contributed by atoms with Gasteiger partial charge in [0.1, 0.15) is 6.04 Å². The van der Waals surface area contributed by atoms with Crippen LogP contribution in [-0.4, -0.2) is 78.7 Å². The molecule has 0 saturated carbocycles. The first-order valence-electron chi connectivity index (χ1n) is 4.00. The van der Waals surface area contributed by atoms with Crippen LogP contribution in [0, 0.1) is 0 Å². The number of carboxylic acids is 1. The SMILES string of the molecule is N[C@@H](Cc1ccc(O)c(O)c1)C(=O)O.[K]. The molecule has 1 aromatic rings. The summed E-state index contributed by atoms with van der Waals surface area (Å²) in [7, 11) is 0. The predicted molar refractivity (Wildman–Crippen MR) is 54.8 cm³/mol. The number of aliphatic carboxylic acids is 1. The van der Waals surface area contributed by atoms with Gasteiger partial charge in [-0.3, -0.25) is 4.79 Å². The summed E-state index contributed by atoms with van der Waals surface area (Å²) in [6, 6.07) is 3.09. The van der Waals surface area contributed by atoms with Crippen molar-refractivity contribution in [3.8, 4) is 11.5 Å². The molecule has 1 radical (unpaired) electrons. The molecule has 5 nitrogen and oxygen atoms in total. The Hall–Kier alpha value is -0.114. The van der Waals surface area contributed by atoms with E-state index < -0.39 is 12.0 Å². The zero-order chi connectivity index (χ0) is 10.7. The maximum absolute atomic E-state index is 10.4. The molecular weight excluding hydrogens is 225 g/mol. The number of benzene rings is 1. The molecule has 0 spiro atoms. The Labute approximate surface area is 129 Å². The number of hydrogen-bond acceptors (Lipinski definition) is 4. The van der Waals surface area contributed by atoms with E-state index in [4.69, 9.17) is 21.1 Å². The Bertz CT molecular complexity index is 356. The number of aromatic hydroxyl groups is 2. The van der Waals surface area contributed by atoms with Crippen LogP contribution in [-0.2, 0) is 11.2 Å². The van der Waals surface area contributed by atoms with E-state index in [1.165, 1.54) is 18.2 Å². The standard InChI is InChI=1S/C9H11NO4.K/c10-6(9(13)14)3-5-1-2-7(11)8(12)4-5;/h1-2,4,6,11-12H,3,10H2,(H,13,14);/t6-;/m0./s1. The van der Waals surface area contributed by atoms with Gasteiger partial charge in [0, 0.05) is 51.4 Å². The van der Waals surface area contributed by atoms with Crippen molar-refractivity contribution in [3.63, 3.8) is 0 Å². The second-order valence-electron chi connectivity index (χ2n) is 2.97. The smallest absolute Gasteiger partial charge is 0.320 e. The quantitative estimate of drug-likeness (QED) is 0.425. The average molecular weight is 236 g/mol. The van der Waals surface area contributed by atoms with E-state index in [1.807, 2.05) is 0 Å². The summed E-state index contributed by atoms with van der Waals surface area (Å²) in [5.74, 6) is -1.62. The first-order chi connectivity index (χ1) is 6.50. The van der Waals surface area contributed by atoms with Crippen LogP contribution >= 0.6 is 0 Å². The first-order valence-corrected chi connectivity index (χ1v) is 4.00. The van der Waals surface area contributed by atoms with Crippen LogP contribution in [0.2, 0.25) is 0 Å². The molecule has 0 bridgehead atoms. The van der Waals surface area contributed by atoms with Gasteiger partial charge in [-0.25, -0.2) is 0 Å². The monoisotopic (exact) mass is 236 g/mol. The summed E-state index contributed by atoms with van der Waals surface area (Å²) in [6.45, 7) is 0. The van der Waals surface area contributed by atoms with Crippen LogP contribution in [0.15, 0.2) is 18.2 Å². The van der Waals surface area contributed by atoms with Gasteiger partial charge < -0.3 is 21.1 Å². The second-order valence-corrected chi connectivity index (χ2v) is 2.97. The van der Waals surface area contributed by atoms with E-state index in [-0.39, 0.29) is 69.3 Å². The normalized spacial score (nSPS) is 11.5. The van der Waals surface area contributed by atoms with Gasteiger partial charge in [-0.2, -0.15) is 0 Å². The van der Waals surface area contributed by atoms with Gasteiger partial charge >= 0.3 is 5.97 Å². The number of carboxylic acid groups (broad SMARTS) is 1. The molecular formula is C9H11KNO4. The van der Waals surface area contributed by atoms with Gasteiger partial charge in [-0.15, -0.1) is 0 Å². The molecule has 15 heavy (non-hydrogen) atoms. The van der Waals surface area contributed by atoms with Crippen LogP contribution in [0.4, 0.5) is 0 Å². The van der Waals surface area contributed by atoms with Crippen LogP contribution in [0.5, 0.6) is 11.5 Å². The summed E-state index contributed by atoms with van der Waals surface area (Å²) in [6.07, 6.45) is 0.114. The first kappa shape index (κ1) is 14.9. The van der Waals surface area contributed by atoms with E-state index in [0.717, 1.165) is 0 Å². The van der Waals surface area contributed by atoms with Crippen molar-refractivity contribution in [2.45, 2.75) is 12.5 Å². The number of nitrogens with two attached hydrogens (primary N) is 1. The van der Waals surface area contributed by atoms with Crippen LogP contribution in [0.3, 0.4) is 0 Å². The van der Waals surface area contributed by atoms with Crippen molar-refractivity contribution in [1.29, 1.82) is 0 Å². The maximum atomic E-state index is 10.4. The molecule has 0 unspecified atom stereocenters. The number of phenolic OH excluding ortho intramolecular Hbond substituents is 2. The van der Waals surface area contributed by atoms with Gasteiger partial charge in [0.05, 0.1) is 0 Å². The van der Waals surface area contributed by atoms with Gasteiger partial charge in [-0.05, 0) is 24.1 Å². The summed E-state index contributed by atoms with van der Waals surface area (Å²) >= 11 is 0. The number of hydrogen-bond donors (Lipinski definition) is 4. The minimum atomic E-state index is -1.10. The maximum Gasteiger partial charge on any atom is 0.320 e. The summed E-state index contributed by atoms with van der Waals surface area (Å²) in [5.41, 5.74) is 5.86. The van der Waals surface area contributed by atoms with Gasteiger partial charge in [-0.1, -0.05) is 6.07 Å². The molecule has 0 fully saturated rings. The minimum absolute atomic E-state index is 0. The molecule has 77 valence electrons. The minimum Gasteiger partial charge on any atom is -0.504 e. The summed E-state index contributed by atoms with van der Waals surface area (Å²) in [4.78, 5) is 10.4. The van der Waals surface area contributed by atoms with Gasteiger partial charge in [0.2, 0.25) is 0 Å². The van der Waals surface area contributed by atoms with E-state index >= 15 is 0 Å². The molecule has 0 aromatic heterocycles. The Kier molecular flexibility index (Phi) is 6.42.